The summed E-state index contributed by atoms with van der Waals surface area (Å²) in [6.07, 6.45) is 2.15. The molecule has 4 nitrogen and oxygen atoms in total. The van der Waals surface area contributed by atoms with Gasteiger partial charge >= 0.3 is 0 Å². The first kappa shape index (κ1) is 13.2. The van der Waals surface area contributed by atoms with Gasteiger partial charge in [0.15, 0.2) is 0 Å². The Morgan fingerprint density at radius 1 is 1.28 bits per heavy atom. The summed E-state index contributed by atoms with van der Waals surface area (Å²) < 4.78 is 10.7. The summed E-state index contributed by atoms with van der Waals surface area (Å²) in [5, 5.41) is 9.92. The molecular formula is C14H22NO3+. The predicted molar refractivity (Wildman–Crippen MR) is 69.3 cm³/mol. The van der Waals surface area contributed by atoms with Gasteiger partial charge in [-0.15, -0.1) is 0 Å². The standard InChI is InChI=1S/C14H21NO3/c1-17-13-5-4-6-14(9-13)18-11-12(16)10-15-7-2-3-8-15/h4-6,9,12,16H,2-3,7-8,10-11H2,1H3/p+1. The summed E-state index contributed by atoms with van der Waals surface area (Å²) >= 11 is 0. The van der Waals surface area contributed by atoms with Crippen LogP contribution in [0, 0.1) is 0 Å². The van der Waals surface area contributed by atoms with Gasteiger partial charge in [0.25, 0.3) is 0 Å². The number of rotatable bonds is 6. The molecule has 2 rings (SSSR count). The van der Waals surface area contributed by atoms with Gasteiger partial charge in [0, 0.05) is 18.9 Å². The fourth-order valence-electron chi connectivity index (χ4n) is 2.35. The normalized spacial score (nSPS) is 17.7. The Balaban J connectivity index is 1.75. The highest BCUT2D eigenvalue weighted by Crippen LogP contribution is 2.18. The highest BCUT2D eigenvalue weighted by Gasteiger charge is 2.19. The Labute approximate surface area is 108 Å². The maximum Gasteiger partial charge on any atom is 0.137 e. The Bertz CT molecular complexity index is 364. The molecule has 0 saturated carbocycles. The molecule has 0 amide bonds. The number of likely N-dealkylation sites (tertiary alicyclic amines) is 1. The van der Waals surface area contributed by atoms with Gasteiger partial charge in [0.1, 0.15) is 30.8 Å². The zero-order valence-corrected chi connectivity index (χ0v) is 10.9. The topological polar surface area (TPSA) is 43.1 Å². The summed E-state index contributed by atoms with van der Waals surface area (Å²) in [4.78, 5) is 1.48. The third kappa shape index (κ3) is 3.89. The number of quaternary nitrogens is 1. The molecule has 1 aromatic rings. The van der Waals surface area contributed by atoms with E-state index in [4.69, 9.17) is 9.47 Å². The second-order valence-corrected chi connectivity index (χ2v) is 4.81. The number of aliphatic hydroxyl groups is 1. The van der Waals surface area contributed by atoms with Crippen LogP contribution in [0.15, 0.2) is 24.3 Å². The number of ether oxygens (including phenoxy) is 2. The first-order valence-corrected chi connectivity index (χ1v) is 6.56. The number of methoxy groups -OCH3 is 1. The minimum atomic E-state index is -0.399. The second kappa shape index (κ2) is 6.61. The average molecular weight is 252 g/mol. The lowest BCUT2D eigenvalue weighted by Gasteiger charge is -2.17. The molecule has 0 aromatic heterocycles. The number of aliphatic hydroxyl groups excluding tert-OH is 1. The minimum Gasteiger partial charge on any atom is -0.497 e. The first-order valence-electron chi connectivity index (χ1n) is 6.56. The van der Waals surface area contributed by atoms with E-state index in [1.165, 1.54) is 30.8 Å². The van der Waals surface area contributed by atoms with Crippen molar-refractivity contribution in [3.63, 3.8) is 0 Å². The highest BCUT2D eigenvalue weighted by atomic mass is 16.5. The quantitative estimate of drug-likeness (QED) is 0.755. The second-order valence-electron chi connectivity index (χ2n) is 4.81. The van der Waals surface area contributed by atoms with Gasteiger partial charge in [-0.25, -0.2) is 0 Å². The SMILES string of the molecule is COc1cccc(OCC(O)C[NH+]2CCCC2)c1. The molecule has 1 aromatic carbocycles. The highest BCUT2D eigenvalue weighted by molar-refractivity contribution is 5.32. The van der Waals surface area contributed by atoms with Gasteiger partial charge in [0.2, 0.25) is 0 Å². The van der Waals surface area contributed by atoms with E-state index in [0.29, 0.717) is 6.61 Å². The van der Waals surface area contributed by atoms with E-state index in [2.05, 4.69) is 0 Å². The molecule has 1 heterocycles. The smallest absolute Gasteiger partial charge is 0.137 e. The Morgan fingerprint density at radius 3 is 2.72 bits per heavy atom. The zero-order valence-electron chi connectivity index (χ0n) is 10.9. The summed E-state index contributed by atoms with van der Waals surface area (Å²) in [5.41, 5.74) is 0. The van der Waals surface area contributed by atoms with E-state index in [1.54, 1.807) is 7.11 Å². The molecule has 1 unspecified atom stereocenters. The van der Waals surface area contributed by atoms with Gasteiger partial charge < -0.3 is 19.5 Å². The van der Waals surface area contributed by atoms with Gasteiger partial charge in [-0.05, 0) is 12.1 Å². The summed E-state index contributed by atoms with van der Waals surface area (Å²) in [6, 6.07) is 7.46. The average Bonchev–Trinajstić information content (AvgIpc) is 2.89. The van der Waals surface area contributed by atoms with Crippen LogP contribution in [0.1, 0.15) is 12.8 Å². The van der Waals surface area contributed by atoms with Gasteiger partial charge in [-0.1, -0.05) is 6.07 Å². The van der Waals surface area contributed by atoms with Crippen LogP contribution in [0.25, 0.3) is 0 Å². The van der Waals surface area contributed by atoms with Crippen LogP contribution < -0.4 is 14.4 Å². The van der Waals surface area contributed by atoms with Crippen molar-refractivity contribution in [2.45, 2.75) is 18.9 Å². The van der Waals surface area contributed by atoms with Crippen molar-refractivity contribution in [2.75, 3.05) is 33.4 Å². The molecule has 0 bridgehead atoms. The molecule has 2 N–H and O–H groups in total. The van der Waals surface area contributed by atoms with Crippen molar-refractivity contribution in [1.29, 1.82) is 0 Å². The van der Waals surface area contributed by atoms with Crippen molar-refractivity contribution >= 4 is 0 Å². The summed E-state index contributed by atoms with van der Waals surface area (Å²) in [5.74, 6) is 1.51. The van der Waals surface area contributed by atoms with E-state index in [-0.39, 0.29) is 0 Å². The third-order valence-electron chi connectivity index (χ3n) is 3.32. The van der Waals surface area contributed by atoms with Crippen LogP contribution in [0.4, 0.5) is 0 Å². The molecule has 0 spiro atoms. The van der Waals surface area contributed by atoms with Crippen molar-refractivity contribution in [2.24, 2.45) is 0 Å². The maximum atomic E-state index is 9.92. The first-order chi connectivity index (χ1) is 8.78. The Hall–Kier alpha value is -1.26. The van der Waals surface area contributed by atoms with Crippen molar-refractivity contribution in [1.82, 2.24) is 0 Å². The minimum absolute atomic E-state index is 0.344. The molecule has 1 saturated heterocycles. The van der Waals surface area contributed by atoms with Crippen molar-refractivity contribution in [3.05, 3.63) is 24.3 Å². The lowest BCUT2D eigenvalue weighted by molar-refractivity contribution is -0.890. The fraction of sp³-hybridized carbons (Fsp3) is 0.571. The molecule has 100 valence electrons. The van der Waals surface area contributed by atoms with Crippen molar-refractivity contribution in [3.8, 4) is 11.5 Å². The molecule has 1 aliphatic heterocycles. The Morgan fingerprint density at radius 2 is 2.00 bits per heavy atom. The van der Waals surface area contributed by atoms with Crippen LogP contribution >= 0.6 is 0 Å². The molecular weight excluding hydrogens is 230 g/mol. The molecule has 1 fully saturated rings. The van der Waals surface area contributed by atoms with Crippen LogP contribution in [0.5, 0.6) is 11.5 Å². The lowest BCUT2D eigenvalue weighted by atomic mass is 10.3. The number of nitrogens with one attached hydrogen (secondary N) is 1. The molecule has 0 aliphatic carbocycles. The number of hydrogen-bond donors (Lipinski definition) is 2. The fourth-order valence-corrected chi connectivity index (χ4v) is 2.35. The number of benzene rings is 1. The molecule has 18 heavy (non-hydrogen) atoms. The van der Waals surface area contributed by atoms with Crippen LogP contribution in [0.3, 0.4) is 0 Å². The van der Waals surface area contributed by atoms with Gasteiger partial charge in [-0.3, -0.25) is 0 Å². The van der Waals surface area contributed by atoms with Crippen LogP contribution in [-0.2, 0) is 0 Å². The van der Waals surface area contributed by atoms with Crippen LogP contribution in [-0.4, -0.2) is 44.6 Å². The summed E-state index contributed by atoms with van der Waals surface area (Å²) in [6.45, 7) is 3.48. The number of hydrogen-bond acceptors (Lipinski definition) is 3. The maximum absolute atomic E-state index is 9.92. The largest absolute Gasteiger partial charge is 0.497 e. The Kier molecular flexibility index (Phi) is 4.84. The van der Waals surface area contributed by atoms with Crippen molar-refractivity contribution < 1.29 is 19.5 Å². The molecule has 1 atom stereocenters. The molecule has 0 radical (unpaired) electrons. The summed E-state index contributed by atoms with van der Waals surface area (Å²) in [7, 11) is 1.63. The lowest BCUT2D eigenvalue weighted by Crippen LogP contribution is -3.11. The third-order valence-corrected chi connectivity index (χ3v) is 3.32. The molecule has 1 aliphatic rings. The molecule has 4 heteroatoms. The zero-order chi connectivity index (χ0) is 12.8. The van der Waals surface area contributed by atoms with E-state index in [9.17, 15) is 5.11 Å². The van der Waals surface area contributed by atoms with E-state index < -0.39 is 6.10 Å². The van der Waals surface area contributed by atoms with E-state index in [1.807, 2.05) is 24.3 Å². The van der Waals surface area contributed by atoms with E-state index in [0.717, 1.165) is 18.0 Å². The van der Waals surface area contributed by atoms with E-state index >= 15 is 0 Å². The van der Waals surface area contributed by atoms with Gasteiger partial charge in [-0.2, -0.15) is 0 Å². The van der Waals surface area contributed by atoms with Crippen LogP contribution in [0.2, 0.25) is 0 Å². The predicted octanol–water partition coefficient (Wildman–Crippen LogP) is 0.114. The van der Waals surface area contributed by atoms with Gasteiger partial charge in [0.05, 0.1) is 20.2 Å². The monoisotopic (exact) mass is 252 g/mol.